The summed E-state index contributed by atoms with van der Waals surface area (Å²) in [5.74, 6) is -0.419. The second-order valence-corrected chi connectivity index (χ2v) is 4.50. The van der Waals surface area contributed by atoms with Gasteiger partial charge in [-0.05, 0) is 6.92 Å². The van der Waals surface area contributed by atoms with Crippen molar-refractivity contribution in [2.45, 2.75) is 19.3 Å². The summed E-state index contributed by atoms with van der Waals surface area (Å²) in [6, 6.07) is 0. The van der Waals surface area contributed by atoms with Gasteiger partial charge in [-0.3, -0.25) is 5.32 Å². The standard InChI is InChI=1S/C9H13N3O3S/c1-4-6(16-9(10)12-4)5-3-11-7(15-5)8(13)14-2/h5,7,11H,3H2,1-2H3,(H2,10,12). The largest absolute Gasteiger partial charge is 0.466 e. The van der Waals surface area contributed by atoms with Crippen LogP contribution in [0.2, 0.25) is 0 Å². The van der Waals surface area contributed by atoms with E-state index in [0.29, 0.717) is 11.7 Å². The zero-order chi connectivity index (χ0) is 11.7. The zero-order valence-corrected chi connectivity index (χ0v) is 9.84. The third-order valence-corrected chi connectivity index (χ3v) is 3.42. The summed E-state index contributed by atoms with van der Waals surface area (Å²) in [5, 5.41) is 3.45. The molecule has 1 aliphatic heterocycles. The summed E-state index contributed by atoms with van der Waals surface area (Å²) in [5.41, 5.74) is 6.45. The molecule has 7 heteroatoms. The van der Waals surface area contributed by atoms with Crippen LogP contribution in [0.4, 0.5) is 5.13 Å². The smallest absolute Gasteiger partial charge is 0.350 e. The van der Waals surface area contributed by atoms with E-state index in [1.165, 1.54) is 18.4 Å². The van der Waals surface area contributed by atoms with Crippen LogP contribution in [0.3, 0.4) is 0 Å². The molecule has 6 nitrogen and oxygen atoms in total. The molecule has 2 atom stereocenters. The quantitative estimate of drug-likeness (QED) is 0.721. The lowest BCUT2D eigenvalue weighted by molar-refractivity contribution is -0.154. The minimum Gasteiger partial charge on any atom is -0.466 e. The number of hydrogen-bond donors (Lipinski definition) is 2. The van der Waals surface area contributed by atoms with Crippen LogP contribution in [0.5, 0.6) is 0 Å². The van der Waals surface area contributed by atoms with Gasteiger partial charge in [0.25, 0.3) is 0 Å². The molecule has 0 radical (unpaired) electrons. The molecule has 1 aliphatic rings. The molecule has 2 rings (SSSR count). The van der Waals surface area contributed by atoms with Crippen LogP contribution >= 0.6 is 11.3 Å². The van der Waals surface area contributed by atoms with E-state index in [2.05, 4.69) is 15.0 Å². The fourth-order valence-electron chi connectivity index (χ4n) is 1.60. The zero-order valence-electron chi connectivity index (χ0n) is 9.02. The minimum atomic E-state index is -0.697. The number of hydrogen-bond acceptors (Lipinski definition) is 7. The van der Waals surface area contributed by atoms with Crippen molar-refractivity contribution < 1.29 is 14.3 Å². The second kappa shape index (κ2) is 4.36. The molecule has 3 N–H and O–H groups in total. The predicted octanol–water partition coefficient (Wildman–Crippen LogP) is 0.194. The normalized spacial score (nSPS) is 24.6. The Morgan fingerprint density at radius 2 is 2.50 bits per heavy atom. The van der Waals surface area contributed by atoms with Crippen molar-refractivity contribution >= 4 is 22.4 Å². The van der Waals surface area contributed by atoms with Crippen LogP contribution < -0.4 is 11.1 Å². The van der Waals surface area contributed by atoms with Crippen molar-refractivity contribution in [3.63, 3.8) is 0 Å². The van der Waals surface area contributed by atoms with Crippen LogP contribution in [0, 0.1) is 6.92 Å². The highest BCUT2D eigenvalue weighted by Crippen LogP contribution is 2.31. The van der Waals surface area contributed by atoms with E-state index in [1.54, 1.807) is 0 Å². The topological polar surface area (TPSA) is 86.5 Å². The molecular weight excluding hydrogens is 230 g/mol. The highest BCUT2D eigenvalue weighted by atomic mass is 32.1. The fraction of sp³-hybridized carbons (Fsp3) is 0.556. The number of nitrogen functional groups attached to an aromatic ring is 1. The van der Waals surface area contributed by atoms with E-state index in [1.807, 2.05) is 6.92 Å². The number of nitrogens with two attached hydrogens (primary N) is 1. The van der Waals surface area contributed by atoms with Gasteiger partial charge in [-0.1, -0.05) is 11.3 Å². The van der Waals surface area contributed by atoms with E-state index < -0.39 is 12.2 Å². The van der Waals surface area contributed by atoms with Crippen molar-refractivity contribution in [1.29, 1.82) is 0 Å². The van der Waals surface area contributed by atoms with E-state index in [9.17, 15) is 4.79 Å². The van der Waals surface area contributed by atoms with Crippen molar-refractivity contribution in [3.8, 4) is 0 Å². The molecule has 0 aliphatic carbocycles. The molecule has 1 fully saturated rings. The highest BCUT2D eigenvalue weighted by molar-refractivity contribution is 7.15. The average Bonchev–Trinajstić information content (AvgIpc) is 2.83. The molecule has 1 aromatic rings. The van der Waals surface area contributed by atoms with Gasteiger partial charge in [-0.2, -0.15) is 0 Å². The first-order chi connectivity index (χ1) is 7.61. The molecule has 0 saturated carbocycles. The maximum absolute atomic E-state index is 11.2. The number of aromatic nitrogens is 1. The van der Waals surface area contributed by atoms with E-state index in [-0.39, 0.29) is 6.10 Å². The Morgan fingerprint density at radius 3 is 3.06 bits per heavy atom. The third kappa shape index (κ3) is 2.01. The number of esters is 1. The van der Waals surface area contributed by atoms with Gasteiger partial charge in [0.05, 0.1) is 17.7 Å². The number of nitrogens with one attached hydrogen (secondary N) is 1. The first-order valence-corrected chi connectivity index (χ1v) is 5.63. The van der Waals surface area contributed by atoms with Crippen LogP contribution in [-0.4, -0.2) is 30.8 Å². The Labute approximate surface area is 96.8 Å². The summed E-state index contributed by atoms with van der Waals surface area (Å²) in [7, 11) is 1.33. The number of anilines is 1. The third-order valence-electron chi connectivity index (χ3n) is 2.35. The number of methoxy groups -OCH3 is 1. The summed E-state index contributed by atoms with van der Waals surface area (Å²) in [6.07, 6.45) is -0.878. The summed E-state index contributed by atoms with van der Waals surface area (Å²) < 4.78 is 10.1. The Morgan fingerprint density at radius 1 is 1.75 bits per heavy atom. The number of carbonyl (C=O) groups is 1. The van der Waals surface area contributed by atoms with Crippen molar-refractivity contribution in [3.05, 3.63) is 10.6 Å². The molecule has 0 bridgehead atoms. The van der Waals surface area contributed by atoms with Crippen molar-refractivity contribution in [1.82, 2.24) is 10.3 Å². The SMILES string of the molecule is COC(=O)C1NCC(c2sc(N)nc2C)O1. The fourth-order valence-corrected chi connectivity index (χ4v) is 2.47. The van der Waals surface area contributed by atoms with E-state index in [0.717, 1.165) is 10.6 Å². The van der Waals surface area contributed by atoms with Gasteiger partial charge in [-0.15, -0.1) is 0 Å². The number of rotatable bonds is 2. The Bertz CT molecular complexity index is 407. The Balaban J connectivity index is 2.09. The maximum Gasteiger partial charge on any atom is 0.350 e. The molecule has 1 saturated heterocycles. The molecule has 2 unspecified atom stereocenters. The van der Waals surface area contributed by atoms with Gasteiger partial charge in [0.2, 0.25) is 6.23 Å². The summed E-state index contributed by atoms with van der Waals surface area (Å²) in [4.78, 5) is 16.3. The number of ether oxygens (including phenoxy) is 2. The molecule has 0 aromatic carbocycles. The van der Waals surface area contributed by atoms with Gasteiger partial charge >= 0.3 is 5.97 Å². The molecule has 2 heterocycles. The Hall–Kier alpha value is -1.18. The van der Waals surface area contributed by atoms with E-state index >= 15 is 0 Å². The van der Waals surface area contributed by atoms with Gasteiger partial charge in [0.15, 0.2) is 5.13 Å². The van der Waals surface area contributed by atoms with E-state index in [4.69, 9.17) is 10.5 Å². The monoisotopic (exact) mass is 243 g/mol. The molecule has 1 aromatic heterocycles. The first kappa shape index (κ1) is 11.3. The highest BCUT2D eigenvalue weighted by Gasteiger charge is 2.33. The molecule has 0 spiro atoms. The lowest BCUT2D eigenvalue weighted by atomic mass is 10.2. The number of carbonyl (C=O) groups excluding carboxylic acids is 1. The lowest BCUT2D eigenvalue weighted by Crippen LogP contribution is -2.32. The summed E-state index contributed by atoms with van der Waals surface area (Å²) >= 11 is 1.38. The van der Waals surface area contributed by atoms with Gasteiger partial charge in [0.1, 0.15) is 6.10 Å². The van der Waals surface area contributed by atoms with Crippen LogP contribution in [0.25, 0.3) is 0 Å². The van der Waals surface area contributed by atoms with Gasteiger partial charge in [0, 0.05) is 6.54 Å². The maximum atomic E-state index is 11.2. The number of nitrogens with zero attached hydrogens (tertiary/aromatic N) is 1. The second-order valence-electron chi connectivity index (χ2n) is 3.44. The number of thiazole rings is 1. The summed E-state index contributed by atoms with van der Waals surface area (Å²) in [6.45, 7) is 2.43. The van der Waals surface area contributed by atoms with Gasteiger partial charge in [-0.25, -0.2) is 9.78 Å². The van der Waals surface area contributed by atoms with Gasteiger partial charge < -0.3 is 15.2 Å². The molecule has 88 valence electrons. The first-order valence-electron chi connectivity index (χ1n) is 4.81. The minimum absolute atomic E-state index is 0.182. The average molecular weight is 243 g/mol. The van der Waals surface area contributed by atoms with Crippen LogP contribution in [0.15, 0.2) is 0 Å². The molecule has 16 heavy (non-hydrogen) atoms. The van der Waals surface area contributed by atoms with Crippen LogP contribution in [-0.2, 0) is 14.3 Å². The number of aryl methyl sites for hydroxylation is 1. The van der Waals surface area contributed by atoms with Crippen molar-refractivity contribution in [2.75, 3.05) is 19.4 Å². The Kier molecular flexibility index (Phi) is 3.08. The lowest BCUT2D eigenvalue weighted by Gasteiger charge is -2.09. The molecular formula is C9H13N3O3S. The molecule has 0 amide bonds. The van der Waals surface area contributed by atoms with Crippen molar-refractivity contribution in [2.24, 2.45) is 0 Å². The van der Waals surface area contributed by atoms with Crippen LogP contribution in [0.1, 0.15) is 16.7 Å². The predicted molar refractivity (Wildman–Crippen MR) is 58.9 cm³/mol.